The number of amides is 1. The quantitative estimate of drug-likeness (QED) is 0.678. The highest BCUT2D eigenvalue weighted by Crippen LogP contribution is 2.41. The number of hydrogen-bond acceptors (Lipinski definition) is 5. The second-order valence-corrected chi connectivity index (χ2v) is 8.12. The minimum atomic E-state index is -5.08. The summed E-state index contributed by atoms with van der Waals surface area (Å²) >= 11 is 0. The third-order valence-corrected chi connectivity index (χ3v) is 6.03. The summed E-state index contributed by atoms with van der Waals surface area (Å²) in [5.41, 5.74) is 1.59. The predicted molar refractivity (Wildman–Crippen MR) is 111 cm³/mol. The zero-order valence-corrected chi connectivity index (χ0v) is 18.2. The van der Waals surface area contributed by atoms with Crippen LogP contribution in [0.2, 0.25) is 0 Å². The van der Waals surface area contributed by atoms with E-state index in [0.717, 1.165) is 51.9 Å². The number of carbonyl (C=O) groups is 2. The smallest absolute Gasteiger partial charge is 0.475 e. The predicted octanol–water partition coefficient (Wildman–Crippen LogP) is 2.50. The molecule has 180 valence electrons. The molecule has 2 N–H and O–H groups in total. The Morgan fingerprint density at radius 3 is 2.41 bits per heavy atom. The van der Waals surface area contributed by atoms with Gasteiger partial charge >= 0.3 is 12.1 Å². The molecule has 0 radical (unpaired) electrons. The summed E-state index contributed by atoms with van der Waals surface area (Å²) in [7, 11) is 1.55. The van der Waals surface area contributed by atoms with Gasteiger partial charge in [0.25, 0.3) is 0 Å². The number of hydrogen-bond donors (Lipinski definition) is 2. The largest absolute Gasteiger partial charge is 0.490 e. The monoisotopic (exact) mass is 460 g/mol. The molecule has 1 spiro atoms. The zero-order valence-electron chi connectivity index (χ0n) is 18.2. The molecule has 1 aromatic carbocycles. The van der Waals surface area contributed by atoms with Crippen molar-refractivity contribution >= 4 is 11.9 Å². The van der Waals surface area contributed by atoms with Crippen molar-refractivity contribution in [2.45, 2.75) is 37.9 Å². The summed E-state index contributed by atoms with van der Waals surface area (Å²) in [4.78, 5) is 23.4. The van der Waals surface area contributed by atoms with Crippen LogP contribution in [-0.2, 0) is 25.5 Å². The Balaban J connectivity index is 0.000000451. The van der Waals surface area contributed by atoms with Crippen LogP contribution in [0.1, 0.15) is 24.8 Å². The molecule has 1 unspecified atom stereocenters. The average Bonchev–Trinajstić information content (AvgIpc) is 2.76. The van der Waals surface area contributed by atoms with E-state index in [9.17, 15) is 18.0 Å². The molecule has 2 heterocycles. The molecule has 32 heavy (non-hydrogen) atoms. The van der Waals surface area contributed by atoms with E-state index in [0.29, 0.717) is 6.61 Å². The lowest BCUT2D eigenvalue weighted by Gasteiger charge is -2.49. The Morgan fingerprint density at radius 1 is 1.22 bits per heavy atom. The maximum absolute atomic E-state index is 12.0. The summed E-state index contributed by atoms with van der Waals surface area (Å²) < 4.78 is 42.3. The van der Waals surface area contributed by atoms with Crippen LogP contribution in [0, 0.1) is 5.41 Å². The van der Waals surface area contributed by atoms with Gasteiger partial charge in [0.1, 0.15) is 6.61 Å². The van der Waals surface area contributed by atoms with Crippen LogP contribution in [0.25, 0.3) is 0 Å². The Bertz CT molecular complexity index is 722. The summed E-state index contributed by atoms with van der Waals surface area (Å²) in [6.45, 7) is 4.86. The van der Waals surface area contributed by atoms with Crippen LogP contribution in [0.3, 0.4) is 0 Å². The number of rotatable bonds is 6. The van der Waals surface area contributed by atoms with Crippen LogP contribution in [0.15, 0.2) is 30.3 Å². The number of aliphatic carboxylic acids is 1. The van der Waals surface area contributed by atoms with Crippen LogP contribution < -0.4 is 5.32 Å². The van der Waals surface area contributed by atoms with Crippen LogP contribution in [0.4, 0.5) is 13.2 Å². The first-order valence-corrected chi connectivity index (χ1v) is 10.6. The van der Waals surface area contributed by atoms with E-state index in [-0.39, 0.29) is 24.0 Å². The molecule has 1 amide bonds. The lowest BCUT2D eigenvalue weighted by molar-refractivity contribution is -0.192. The number of nitrogens with zero attached hydrogens (tertiary/aromatic N) is 1. The summed E-state index contributed by atoms with van der Waals surface area (Å²) in [5, 5.41) is 10.3. The van der Waals surface area contributed by atoms with Gasteiger partial charge in [-0.15, -0.1) is 0 Å². The minimum Gasteiger partial charge on any atom is -0.475 e. The number of nitrogens with one attached hydrogen (secondary N) is 1. The van der Waals surface area contributed by atoms with Crippen molar-refractivity contribution in [2.75, 3.05) is 46.6 Å². The molecule has 2 fully saturated rings. The van der Waals surface area contributed by atoms with Crippen LogP contribution >= 0.6 is 0 Å². The molecular weight excluding hydrogens is 429 g/mol. The lowest BCUT2D eigenvalue weighted by Crippen LogP contribution is -2.58. The Kier molecular flexibility index (Phi) is 9.92. The standard InChI is InChI=1S/C20H30N2O3.C2HF3O2/c1-24-16-19(23)21-18-15-25-14-10-20(18)8-12-22(13-9-20)11-7-17-5-3-2-4-6-17;3-2(4,5)1(6)7/h2-6,18H,7-16H2,1H3,(H,21,23);(H,6,7). The molecule has 0 bridgehead atoms. The number of alkyl halides is 3. The second-order valence-electron chi connectivity index (χ2n) is 8.12. The maximum atomic E-state index is 12.0. The number of ether oxygens (including phenoxy) is 2. The molecule has 0 aliphatic carbocycles. The van der Waals surface area contributed by atoms with Gasteiger partial charge in [-0.05, 0) is 49.8 Å². The molecule has 2 aliphatic heterocycles. The van der Waals surface area contributed by atoms with Gasteiger partial charge in [-0.25, -0.2) is 4.79 Å². The van der Waals surface area contributed by atoms with E-state index in [1.165, 1.54) is 5.56 Å². The Morgan fingerprint density at radius 2 is 1.84 bits per heavy atom. The van der Waals surface area contributed by atoms with Crippen molar-refractivity contribution in [1.29, 1.82) is 0 Å². The normalized spacial score (nSPS) is 20.8. The highest BCUT2D eigenvalue weighted by atomic mass is 19.4. The topological polar surface area (TPSA) is 88.1 Å². The van der Waals surface area contributed by atoms with E-state index in [2.05, 4.69) is 40.5 Å². The Hall–Kier alpha value is -2.17. The SMILES string of the molecule is COCC(=O)NC1COCCC12CCN(CCc1ccccc1)CC2.O=C(O)C(F)(F)F. The van der Waals surface area contributed by atoms with Crippen molar-refractivity contribution in [2.24, 2.45) is 5.41 Å². The number of piperidine rings is 1. The molecule has 1 atom stereocenters. The van der Waals surface area contributed by atoms with E-state index in [1.54, 1.807) is 7.11 Å². The Labute approximate surface area is 185 Å². The van der Waals surface area contributed by atoms with Crippen molar-refractivity contribution in [3.05, 3.63) is 35.9 Å². The third kappa shape index (κ3) is 8.07. The number of methoxy groups -OCH3 is 1. The second kappa shape index (κ2) is 12.2. The fourth-order valence-electron chi connectivity index (χ4n) is 4.14. The van der Waals surface area contributed by atoms with Gasteiger partial charge in [-0.2, -0.15) is 13.2 Å². The first-order valence-electron chi connectivity index (χ1n) is 10.6. The molecule has 2 saturated heterocycles. The minimum absolute atomic E-state index is 0.0381. The van der Waals surface area contributed by atoms with Gasteiger partial charge in [-0.3, -0.25) is 4.79 Å². The summed E-state index contributed by atoms with van der Waals surface area (Å²) in [5.74, 6) is -2.80. The highest BCUT2D eigenvalue weighted by molar-refractivity contribution is 5.77. The van der Waals surface area contributed by atoms with Crippen molar-refractivity contribution < 1.29 is 37.3 Å². The van der Waals surface area contributed by atoms with E-state index in [1.807, 2.05) is 0 Å². The van der Waals surface area contributed by atoms with Gasteiger partial charge < -0.3 is 24.8 Å². The zero-order chi connectivity index (χ0) is 23.6. The molecule has 0 saturated carbocycles. The molecular formula is C22H31F3N2O5. The number of carbonyl (C=O) groups excluding carboxylic acids is 1. The van der Waals surface area contributed by atoms with Gasteiger partial charge in [0, 0.05) is 20.3 Å². The van der Waals surface area contributed by atoms with E-state index in [4.69, 9.17) is 19.4 Å². The van der Waals surface area contributed by atoms with E-state index < -0.39 is 12.1 Å². The number of carboxylic acid groups (broad SMARTS) is 1. The summed E-state index contributed by atoms with van der Waals surface area (Å²) in [6.07, 6.45) is -0.686. The highest BCUT2D eigenvalue weighted by Gasteiger charge is 2.44. The molecule has 3 rings (SSSR count). The van der Waals surface area contributed by atoms with Crippen molar-refractivity contribution in [3.63, 3.8) is 0 Å². The first-order chi connectivity index (χ1) is 15.2. The van der Waals surface area contributed by atoms with Gasteiger partial charge in [0.05, 0.1) is 12.6 Å². The number of likely N-dealkylation sites (tertiary alicyclic amines) is 1. The number of benzene rings is 1. The third-order valence-electron chi connectivity index (χ3n) is 6.03. The molecule has 7 nitrogen and oxygen atoms in total. The first kappa shape index (κ1) is 26.1. The molecule has 0 aromatic heterocycles. The van der Waals surface area contributed by atoms with Crippen molar-refractivity contribution in [3.8, 4) is 0 Å². The summed E-state index contributed by atoms with van der Waals surface area (Å²) in [6, 6.07) is 10.8. The van der Waals surface area contributed by atoms with Crippen LogP contribution in [0.5, 0.6) is 0 Å². The average molecular weight is 460 g/mol. The number of halogens is 3. The van der Waals surface area contributed by atoms with Crippen molar-refractivity contribution in [1.82, 2.24) is 10.2 Å². The fraction of sp³-hybridized carbons (Fsp3) is 0.636. The fourth-order valence-corrected chi connectivity index (χ4v) is 4.14. The van der Waals surface area contributed by atoms with Crippen LogP contribution in [-0.4, -0.2) is 80.7 Å². The van der Waals surface area contributed by atoms with E-state index >= 15 is 0 Å². The molecule has 1 aromatic rings. The maximum Gasteiger partial charge on any atom is 0.490 e. The molecule has 10 heteroatoms. The number of carboxylic acids is 1. The van der Waals surface area contributed by atoms with Gasteiger partial charge in [0.2, 0.25) is 5.91 Å². The molecule has 2 aliphatic rings. The van der Waals surface area contributed by atoms with Gasteiger partial charge in [0.15, 0.2) is 0 Å². The lowest BCUT2D eigenvalue weighted by atomic mass is 9.69. The van der Waals surface area contributed by atoms with Gasteiger partial charge in [-0.1, -0.05) is 30.3 Å².